The van der Waals surface area contributed by atoms with Crippen LogP contribution < -0.4 is 0 Å². The summed E-state index contributed by atoms with van der Waals surface area (Å²) in [7, 11) is 1.37. The van der Waals surface area contributed by atoms with E-state index in [0.29, 0.717) is 17.8 Å². The molecule has 1 atom stereocenters. The van der Waals surface area contributed by atoms with Gasteiger partial charge >= 0.3 is 5.97 Å². The predicted octanol–water partition coefficient (Wildman–Crippen LogP) is 3.04. The van der Waals surface area contributed by atoms with Crippen molar-refractivity contribution in [3.05, 3.63) is 33.8 Å². The molecule has 1 aromatic rings. The predicted molar refractivity (Wildman–Crippen MR) is 84.2 cm³/mol. The Hall–Kier alpha value is -1.20. The van der Waals surface area contributed by atoms with E-state index < -0.39 is 0 Å². The van der Waals surface area contributed by atoms with Gasteiger partial charge in [-0.3, -0.25) is 9.69 Å². The van der Waals surface area contributed by atoms with Gasteiger partial charge in [0.2, 0.25) is 0 Å². The molecule has 21 heavy (non-hydrogen) atoms. The van der Waals surface area contributed by atoms with Gasteiger partial charge in [-0.1, -0.05) is 28.9 Å². The van der Waals surface area contributed by atoms with Crippen molar-refractivity contribution < 1.29 is 14.3 Å². The monoisotopic (exact) mass is 353 g/mol. The lowest BCUT2D eigenvalue weighted by Crippen LogP contribution is -2.40. The van der Waals surface area contributed by atoms with E-state index in [0.717, 1.165) is 36.1 Å². The highest BCUT2D eigenvalue weighted by Gasteiger charge is 2.25. The Kier molecular flexibility index (Phi) is 5.53. The lowest BCUT2D eigenvalue weighted by molar-refractivity contribution is -0.126. The number of likely N-dealkylation sites (tertiary alicyclic amines) is 1. The fraction of sp³-hybridized carbons (Fsp3) is 0.500. The van der Waals surface area contributed by atoms with Gasteiger partial charge in [-0.25, -0.2) is 4.79 Å². The first kappa shape index (κ1) is 16.2. The van der Waals surface area contributed by atoms with Crippen LogP contribution in [0, 0.1) is 5.92 Å². The Morgan fingerprint density at radius 3 is 2.86 bits per heavy atom. The van der Waals surface area contributed by atoms with Crippen molar-refractivity contribution in [2.45, 2.75) is 26.3 Å². The summed E-state index contributed by atoms with van der Waals surface area (Å²) >= 11 is 3.51. The quantitative estimate of drug-likeness (QED) is 0.780. The van der Waals surface area contributed by atoms with Crippen molar-refractivity contribution in [2.75, 3.05) is 20.2 Å². The molecule has 0 aromatic heterocycles. The SMILES string of the molecule is CCC1CN(Cc2ccc(C(=O)OC)cc2Br)CCC1=O. The van der Waals surface area contributed by atoms with Gasteiger partial charge in [0.1, 0.15) is 5.78 Å². The minimum Gasteiger partial charge on any atom is -0.465 e. The van der Waals surface area contributed by atoms with E-state index in [2.05, 4.69) is 27.8 Å². The number of carbonyl (C=O) groups is 2. The fourth-order valence-electron chi connectivity index (χ4n) is 2.64. The zero-order valence-corrected chi connectivity index (χ0v) is 14.0. The molecule has 1 aromatic carbocycles. The van der Waals surface area contributed by atoms with Crippen molar-refractivity contribution in [3.63, 3.8) is 0 Å². The Balaban J connectivity index is 2.06. The molecule has 114 valence electrons. The van der Waals surface area contributed by atoms with Crippen LogP contribution >= 0.6 is 15.9 Å². The standard InChI is InChI=1S/C16H20BrNO3/c1-3-11-9-18(7-6-15(11)19)10-13-5-4-12(8-14(13)17)16(20)21-2/h4-5,8,11H,3,6-7,9-10H2,1-2H3. The highest BCUT2D eigenvalue weighted by Crippen LogP contribution is 2.23. The molecular formula is C16H20BrNO3. The number of carbonyl (C=O) groups excluding carboxylic acids is 2. The molecule has 0 aliphatic carbocycles. The zero-order valence-electron chi connectivity index (χ0n) is 12.4. The average Bonchev–Trinajstić information content (AvgIpc) is 2.50. The summed E-state index contributed by atoms with van der Waals surface area (Å²) in [6.45, 7) is 4.47. The molecule has 1 unspecified atom stereocenters. The Morgan fingerprint density at radius 2 is 2.24 bits per heavy atom. The molecule has 1 fully saturated rings. The molecule has 0 bridgehead atoms. The van der Waals surface area contributed by atoms with Gasteiger partial charge in [0.15, 0.2) is 0 Å². The van der Waals surface area contributed by atoms with Gasteiger partial charge in [0, 0.05) is 36.4 Å². The topological polar surface area (TPSA) is 46.6 Å². The third kappa shape index (κ3) is 3.92. The molecule has 1 saturated heterocycles. The molecular weight excluding hydrogens is 334 g/mol. The number of esters is 1. The second-order valence-corrected chi connectivity index (χ2v) is 6.21. The summed E-state index contributed by atoms with van der Waals surface area (Å²) in [6.07, 6.45) is 1.54. The van der Waals surface area contributed by atoms with Crippen LogP contribution in [0.25, 0.3) is 0 Å². The smallest absolute Gasteiger partial charge is 0.337 e. The summed E-state index contributed by atoms with van der Waals surface area (Å²) in [6, 6.07) is 5.50. The summed E-state index contributed by atoms with van der Waals surface area (Å²) < 4.78 is 5.61. The normalized spacial score (nSPS) is 19.6. The maximum atomic E-state index is 11.8. The van der Waals surface area contributed by atoms with E-state index >= 15 is 0 Å². The van der Waals surface area contributed by atoms with Gasteiger partial charge in [-0.05, 0) is 24.1 Å². The van der Waals surface area contributed by atoms with Crippen LogP contribution in [-0.2, 0) is 16.1 Å². The lowest BCUT2D eigenvalue weighted by Gasteiger charge is -2.31. The van der Waals surface area contributed by atoms with E-state index in [9.17, 15) is 9.59 Å². The molecule has 1 aliphatic rings. The average molecular weight is 354 g/mol. The molecule has 2 rings (SSSR count). The third-order valence-corrected chi connectivity index (χ3v) is 4.71. The number of piperidine rings is 1. The first-order valence-electron chi connectivity index (χ1n) is 7.17. The molecule has 1 aliphatic heterocycles. The second kappa shape index (κ2) is 7.18. The number of nitrogens with zero attached hydrogens (tertiary/aromatic N) is 1. The van der Waals surface area contributed by atoms with Crippen LogP contribution in [0.5, 0.6) is 0 Å². The van der Waals surface area contributed by atoms with E-state index in [-0.39, 0.29) is 11.9 Å². The Bertz CT molecular complexity index is 544. The minimum atomic E-state index is -0.336. The zero-order chi connectivity index (χ0) is 15.4. The lowest BCUT2D eigenvalue weighted by atomic mass is 9.94. The minimum absolute atomic E-state index is 0.159. The van der Waals surface area contributed by atoms with Gasteiger partial charge in [0.05, 0.1) is 12.7 Å². The summed E-state index contributed by atoms with van der Waals surface area (Å²) in [5.74, 6) is 0.206. The Labute approximate surface area is 133 Å². The number of methoxy groups -OCH3 is 1. The first-order valence-corrected chi connectivity index (χ1v) is 7.96. The molecule has 1 heterocycles. The van der Waals surface area contributed by atoms with Crippen molar-refractivity contribution in [2.24, 2.45) is 5.92 Å². The highest BCUT2D eigenvalue weighted by atomic mass is 79.9. The number of hydrogen-bond donors (Lipinski definition) is 0. The Morgan fingerprint density at radius 1 is 1.48 bits per heavy atom. The van der Waals surface area contributed by atoms with Crippen molar-refractivity contribution >= 4 is 27.7 Å². The van der Waals surface area contributed by atoms with Crippen LogP contribution in [0.15, 0.2) is 22.7 Å². The van der Waals surface area contributed by atoms with Crippen LogP contribution in [0.4, 0.5) is 0 Å². The van der Waals surface area contributed by atoms with Crippen molar-refractivity contribution in [1.82, 2.24) is 4.90 Å². The molecule has 0 spiro atoms. The van der Waals surface area contributed by atoms with Gasteiger partial charge < -0.3 is 4.74 Å². The molecule has 0 N–H and O–H groups in total. The summed E-state index contributed by atoms with van der Waals surface area (Å²) in [4.78, 5) is 25.5. The number of ketones is 1. The largest absolute Gasteiger partial charge is 0.465 e. The van der Waals surface area contributed by atoms with Gasteiger partial charge in [-0.2, -0.15) is 0 Å². The fourth-order valence-corrected chi connectivity index (χ4v) is 3.14. The van der Waals surface area contributed by atoms with Crippen molar-refractivity contribution in [1.29, 1.82) is 0 Å². The number of benzene rings is 1. The highest BCUT2D eigenvalue weighted by molar-refractivity contribution is 9.10. The maximum Gasteiger partial charge on any atom is 0.337 e. The van der Waals surface area contributed by atoms with E-state index in [1.165, 1.54) is 7.11 Å². The number of rotatable bonds is 4. The summed E-state index contributed by atoms with van der Waals surface area (Å²) in [5, 5.41) is 0. The van der Waals surface area contributed by atoms with E-state index in [4.69, 9.17) is 4.74 Å². The maximum absolute atomic E-state index is 11.8. The second-order valence-electron chi connectivity index (χ2n) is 5.35. The van der Waals surface area contributed by atoms with Crippen LogP contribution in [0.1, 0.15) is 35.7 Å². The number of halogens is 1. The van der Waals surface area contributed by atoms with Gasteiger partial charge in [0.25, 0.3) is 0 Å². The molecule has 0 saturated carbocycles. The van der Waals surface area contributed by atoms with Crippen LogP contribution in [0.2, 0.25) is 0 Å². The van der Waals surface area contributed by atoms with E-state index in [1.54, 1.807) is 12.1 Å². The van der Waals surface area contributed by atoms with E-state index in [1.807, 2.05) is 6.07 Å². The third-order valence-electron chi connectivity index (χ3n) is 3.97. The number of ether oxygens (including phenoxy) is 1. The molecule has 0 radical (unpaired) electrons. The molecule has 4 nitrogen and oxygen atoms in total. The number of hydrogen-bond acceptors (Lipinski definition) is 4. The molecule has 5 heteroatoms. The van der Waals surface area contributed by atoms with Crippen LogP contribution in [0.3, 0.4) is 0 Å². The first-order chi connectivity index (χ1) is 10.0. The van der Waals surface area contributed by atoms with Crippen molar-refractivity contribution in [3.8, 4) is 0 Å². The van der Waals surface area contributed by atoms with Crippen LogP contribution in [-0.4, -0.2) is 36.9 Å². The molecule has 0 amide bonds. The van der Waals surface area contributed by atoms with Gasteiger partial charge in [-0.15, -0.1) is 0 Å². The summed E-state index contributed by atoms with van der Waals surface area (Å²) in [5.41, 5.74) is 1.65. The number of Topliss-reactive ketones (excluding diaryl/α,β-unsaturated/α-hetero) is 1.